The summed E-state index contributed by atoms with van der Waals surface area (Å²) in [5, 5.41) is 0. The highest BCUT2D eigenvalue weighted by molar-refractivity contribution is 5.89. The van der Waals surface area contributed by atoms with Gasteiger partial charge in [-0.25, -0.2) is 9.18 Å². The van der Waals surface area contributed by atoms with Crippen LogP contribution in [0.2, 0.25) is 0 Å². The molecule has 2 rings (SSSR count). The Balaban J connectivity index is 2.37. The molecule has 1 aliphatic rings. The molecule has 0 radical (unpaired) electrons. The molecule has 4 nitrogen and oxygen atoms in total. The molecule has 1 amide bonds. The van der Waals surface area contributed by atoms with Gasteiger partial charge in [0.05, 0.1) is 12.2 Å². The molecule has 0 spiro atoms. The summed E-state index contributed by atoms with van der Waals surface area (Å²) in [6.07, 6.45) is -0.511. The van der Waals surface area contributed by atoms with Crippen LogP contribution in [-0.2, 0) is 11.3 Å². The average molecular weight is 210 g/mol. The van der Waals surface area contributed by atoms with E-state index in [1.165, 1.54) is 11.0 Å². The normalized spacial score (nSPS) is 15.6. The standard InChI is InChI=1S/C10H11FN2O2/c11-8-2-1-7(6-12)5-9(8)13-3-4-15-10(13)14/h1-2,5H,3-4,6,12H2. The molecular formula is C10H11FN2O2. The first kappa shape index (κ1) is 9.92. The van der Waals surface area contributed by atoms with Crippen molar-refractivity contribution in [1.82, 2.24) is 0 Å². The molecule has 80 valence electrons. The van der Waals surface area contributed by atoms with Crippen LogP contribution in [0, 0.1) is 5.82 Å². The monoisotopic (exact) mass is 210 g/mol. The summed E-state index contributed by atoms with van der Waals surface area (Å²) in [6.45, 7) is 0.991. The summed E-state index contributed by atoms with van der Waals surface area (Å²) in [5.41, 5.74) is 6.46. The van der Waals surface area contributed by atoms with Crippen molar-refractivity contribution in [3.05, 3.63) is 29.6 Å². The first-order valence-corrected chi connectivity index (χ1v) is 4.65. The summed E-state index contributed by atoms with van der Waals surface area (Å²) in [5.74, 6) is -0.439. The van der Waals surface area contributed by atoms with Crippen LogP contribution in [0.25, 0.3) is 0 Å². The lowest BCUT2D eigenvalue weighted by Crippen LogP contribution is -2.24. The molecular weight excluding hydrogens is 199 g/mol. The fraction of sp³-hybridized carbons (Fsp3) is 0.300. The minimum Gasteiger partial charge on any atom is -0.447 e. The second kappa shape index (κ2) is 3.86. The number of amides is 1. The van der Waals surface area contributed by atoms with Gasteiger partial charge >= 0.3 is 6.09 Å². The number of halogens is 1. The molecule has 0 saturated carbocycles. The predicted octanol–water partition coefficient (Wildman–Crippen LogP) is 1.24. The highest BCUT2D eigenvalue weighted by Crippen LogP contribution is 2.23. The third kappa shape index (κ3) is 1.78. The smallest absolute Gasteiger partial charge is 0.414 e. The van der Waals surface area contributed by atoms with Crippen molar-refractivity contribution in [2.45, 2.75) is 6.54 Å². The molecule has 0 unspecified atom stereocenters. The Bertz CT molecular complexity index is 395. The number of carbonyl (C=O) groups excluding carboxylic acids is 1. The molecule has 0 aliphatic carbocycles. The number of benzene rings is 1. The molecule has 15 heavy (non-hydrogen) atoms. The number of anilines is 1. The predicted molar refractivity (Wildman–Crippen MR) is 53.0 cm³/mol. The fourth-order valence-electron chi connectivity index (χ4n) is 1.50. The number of hydrogen-bond acceptors (Lipinski definition) is 3. The Morgan fingerprint density at radius 3 is 2.93 bits per heavy atom. The number of ether oxygens (including phenoxy) is 1. The SMILES string of the molecule is NCc1ccc(F)c(N2CCOC2=O)c1. The summed E-state index contributed by atoms with van der Waals surface area (Å²) in [7, 11) is 0. The van der Waals surface area contributed by atoms with E-state index in [2.05, 4.69) is 0 Å². The lowest BCUT2D eigenvalue weighted by Gasteiger charge is -2.14. The van der Waals surface area contributed by atoms with Gasteiger partial charge in [-0.3, -0.25) is 4.90 Å². The number of hydrogen-bond donors (Lipinski definition) is 1. The van der Waals surface area contributed by atoms with Gasteiger partial charge in [-0.1, -0.05) is 6.07 Å². The maximum Gasteiger partial charge on any atom is 0.414 e. The van der Waals surface area contributed by atoms with Gasteiger partial charge in [0.1, 0.15) is 12.4 Å². The summed E-state index contributed by atoms with van der Waals surface area (Å²) < 4.78 is 18.2. The molecule has 1 fully saturated rings. The van der Waals surface area contributed by atoms with Crippen molar-refractivity contribution in [3.63, 3.8) is 0 Å². The fourth-order valence-corrected chi connectivity index (χ4v) is 1.50. The molecule has 1 aromatic rings. The highest BCUT2D eigenvalue weighted by Gasteiger charge is 2.25. The maximum atomic E-state index is 13.4. The molecule has 2 N–H and O–H groups in total. The molecule has 1 heterocycles. The van der Waals surface area contributed by atoms with Crippen LogP contribution < -0.4 is 10.6 Å². The van der Waals surface area contributed by atoms with E-state index >= 15 is 0 Å². The summed E-state index contributed by atoms with van der Waals surface area (Å²) in [4.78, 5) is 12.5. The van der Waals surface area contributed by atoms with Gasteiger partial charge in [0.15, 0.2) is 0 Å². The highest BCUT2D eigenvalue weighted by atomic mass is 19.1. The number of nitrogens with zero attached hydrogens (tertiary/aromatic N) is 1. The van der Waals surface area contributed by atoms with Crippen LogP contribution in [0.5, 0.6) is 0 Å². The minimum absolute atomic E-state index is 0.237. The first-order chi connectivity index (χ1) is 7.22. The number of nitrogens with two attached hydrogens (primary N) is 1. The lowest BCUT2D eigenvalue weighted by atomic mass is 10.2. The maximum absolute atomic E-state index is 13.4. The topological polar surface area (TPSA) is 55.6 Å². The Labute approximate surface area is 86.4 Å². The molecule has 1 aromatic carbocycles. The van der Waals surface area contributed by atoms with E-state index in [9.17, 15) is 9.18 Å². The van der Waals surface area contributed by atoms with E-state index in [4.69, 9.17) is 10.5 Å². The van der Waals surface area contributed by atoms with E-state index in [1.54, 1.807) is 12.1 Å². The zero-order chi connectivity index (χ0) is 10.8. The van der Waals surface area contributed by atoms with Crippen molar-refractivity contribution in [2.75, 3.05) is 18.1 Å². The molecule has 1 aliphatic heterocycles. The van der Waals surface area contributed by atoms with Crippen LogP contribution in [0.3, 0.4) is 0 Å². The second-order valence-corrected chi connectivity index (χ2v) is 3.26. The quantitative estimate of drug-likeness (QED) is 0.799. The minimum atomic E-state index is -0.511. The molecule has 1 saturated heterocycles. The Morgan fingerprint density at radius 1 is 1.53 bits per heavy atom. The van der Waals surface area contributed by atoms with Gasteiger partial charge in [0.25, 0.3) is 0 Å². The van der Waals surface area contributed by atoms with E-state index < -0.39 is 11.9 Å². The van der Waals surface area contributed by atoms with E-state index in [0.29, 0.717) is 19.7 Å². The summed E-state index contributed by atoms with van der Waals surface area (Å²) >= 11 is 0. The van der Waals surface area contributed by atoms with Crippen molar-refractivity contribution in [1.29, 1.82) is 0 Å². The summed E-state index contributed by atoms with van der Waals surface area (Å²) in [6, 6.07) is 4.48. The lowest BCUT2D eigenvalue weighted by molar-refractivity contribution is 0.181. The van der Waals surface area contributed by atoms with Gasteiger partial charge in [0, 0.05) is 6.54 Å². The van der Waals surface area contributed by atoms with Gasteiger partial charge in [0.2, 0.25) is 0 Å². The van der Waals surface area contributed by atoms with Crippen molar-refractivity contribution in [2.24, 2.45) is 5.73 Å². The third-order valence-corrected chi connectivity index (χ3v) is 2.30. The zero-order valence-electron chi connectivity index (χ0n) is 8.07. The van der Waals surface area contributed by atoms with E-state index in [-0.39, 0.29) is 5.69 Å². The van der Waals surface area contributed by atoms with Crippen molar-refractivity contribution in [3.8, 4) is 0 Å². The van der Waals surface area contributed by atoms with Crippen molar-refractivity contribution < 1.29 is 13.9 Å². The number of carbonyl (C=O) groups is 1. The molecule has 5 heteroatoms. The van der Waals surface area contributed by atoms with Crippen LogP contribution in [0.15, 0.2) is 18.2 Å². The number of rotatable bonds is 2. The van der Waals surface area contributed by atoms with E-state index in [0.717, 1.165) is 5.56 Å². The largest absolute Gasteiger partial charge is 0.447 e. The van der Waals surface area contributed by atoms with Crippen LogP contribution in [0.4, 0.5) is 14.9 Å². The van der Waals surface area contributed by atoms with Gasteiger partial charge in [-0.05, 0) is 17.7 Å². The molecule has 0 bridgehead atoms. The third-order valence-electron chi connectivity index (χ3n) is 2.30. The second-order valence-electron chi connectivity index (χ2n) is 3.26. The Morgan fingerprint density at radius 2 is 2.33 bits per heavy atom. The first-order valence-electron chi connectivity index (χ1n) is 4.65. The van der Waals surface area contributed by atoms with Crippen molar-refractivity contribution >= 4 is 11.8 Å². The van der Waals surface area contributed by atoms with Gasteiger partial charge in [-0.15, -0.1) is 0 Å². The zero-order valence-corrected chi connectivity index (χ0v) is 8.07. The number of cyclic esters (lactones) is 1. The van der Waals surface area contributed by atoms with Crippen LogP contribution >= 0.6 is 0 Å². The molecule has 0 aromatic heterocycles. The van der Waals surface area contributed by atoms with Crippen LogP contribution in [0.1, 0.15) is 5.56 Å². The van der Waals surface area contributed by atoms with E-state index in [1.807, 2.05) is 0 Å². The Kier molecular flexibility index (Phi) is 2.55. The van der Waals surface area contributed by atoms with Crippen LogP contribution in [-0.4, -0.2) is 19.2 Å². The van der Waals surface area contributed by atoms with Gasteiger partial charge < -0.3 is 10.5 Å². The van der Waals surface area contributed by atoms with Gasteiger partial charge in [-0.2, -0.15) is 0 Å². The average Bonchev–Trinajstić information content (AvgIpc) is 2.65. The Hall–Kier alpha value is -1.62. The molecule has 0 atom stereocenters.